The van der Waals surface area contributed by atoms with E-state index in [1.165, 1.54) is 16.4 Å². The van der Waals surface area contributed by atoms with Gasteiger partial charge in [0.25, 0.3) is 5.03 Å². The summed E-state index contributed by atoms with van der Waals surface area (Å²) in [6.07, 6.45) is 0.255. The van der Waals surface area contributed by atoms with Crippen LogP contribution in [0, 0.1) is 0 Å². The van der Waals surface area contributed by atoms with Gasteiger partial charge in [0.1, 0.15) is 0 Å². The number of benzene rings is 2. The lowest BCUT2D eigenvalue weighted by Crippen LogP contribution is -2.34. The third-order valence-electron chi connectivity index (χ3n) is 3.29. The fraction of sp³-hybridized carbons (Fsp3) is 0.118. The maximum Gasteiger partial charge on any atom is 0.297 e. The Bertz CT molecular complexity index is 871. The van der Waals surface area contributed by atoms with Gasteiger partial charge in [0.15, 0.2) is 5.95 Å². The van der Waals surface area contributed by atoms with Crippen molar-refractivity contribution in [2.75, 3.05) is 11.1 Å². The highest BCUT2D eigenvalue weighted by Crippen LogP contribution is 2.25. The van der Waals surface area contributed by atoms with Gasteiger partial charge in [0, 0.05) is 28.8 Å². The molecule has 0 fully saturated rings. The van der Waals surface area contributed by atoms with Crippen LogP contribution in [0.5, 0.6) is 5.95 Å². The van der Waals surface area contributed by atoms with Crippen molar-refractivity contribution in [1.82, 2.24) is 5.27 Å². The van der Waals surface area contributed by atoms with Gasteiger partial charge in [-0.15, -0.1) is 0 Å². The number of anilines is 1. The quantitative estimate of drug-likeness (QED) is 0.490. The van der Waals surface area contributed by atoms with Crippen molar-refractivity contribution in [2.24, 2.45) is 0 Å². The van der Waals surface area contributed by atoms with Gasteiger partial charge in [-0.3, -0.25) is 4.79 Å². The fourth-order valence-electron chi connectivity index (χ4n) is 2.11. The summed E-state index contributed by atoms with van der Waals surface area (Å²) in [5.41, 5.74) is 1.44. The van der Waals surface area contributed by atoms with Crippen molar-refractivity contribution in [1.29, 1.82) is 0 Å². The number of para-hydroxylation sites is 2. The molecule has 0 unspecified atom stereocenters. The first-order chi connectivity index (χ1) is 12.1. The molecule has 0 bridgehead atoms. The molecule has 25 heavy (non-hydrogen) atoms. The second-order valence-electron chi connectivity index (χ2n) is 5.04. The summed E-state index contributed by atoms with van der Waals surface area (Å²) in [7, 11) is 0. The third kappa shape index (κ3) is 4.40. The highest BCUT2D eigenvalue weighted by Gasteiger charge is 2.21. The molecule has 0 spiro atoms. The van der Waals surface area contributed by atoms with Crippen LogP contribution in [0.15, 0.2) is 68.6 Å². The Kier molecular flexibility index (Phi) is 5.72. The molecule has 3 rings (SSSR count). The normalized spacial score (nSPS) is 10.6. The number of halogens is 1. The molecule has 3 aromatic rings. The molecular formula is C17H14BrN3O3S. The lowest BCUT2D eigenvalue weighted by Gasteiger charge is -2.06. The van der Waals surface area contributed by atoms with Crippen LogP contribution in [-0.2, 0) is 4.79 Å². The summed E-state index contributed by atoms with van der Waals surface area (Å²) in [6.45, 7) is 0. The number of thioether (sulfide) groups is 1. The Hall–Kier alpha value is -2.32. The molecule has 0 radical (unpaired) electrons. The molecule has 0 saturated heterocycles. The highest BCUT2D eigenvalue weighted by molar-refractivity contribution is 9.10. The van der Waals surface area contributed by atoms with Gasteiger partial charge in [0.2, 0.25) is 11.6 Å². The van der Waals surface area contributed by atoms with E-state index < -0.39 is 5.95 Å². The van der Waals surface area contributed by atoms with Crippen LogP contribution in [0.4, 0.5) is 5.69 Å². The minimum atomic E-state index is -0.514. The molecule has 128 valence electrons. The topological polar surface area (TPSA) is 82.1 Å². The molecule has 1 heterocycles. The number of aromatic nitrogens is 2. The zero-order valence-electron chi connectivity index (χ0n) is 13.0. The Balaban J connectivity index is 1.60. The van der Waals surface area contributed by atoms with E-state index in [0.29, 0.717) is 16.5 Å². The average molecular weight is 420 g/mol. The van der Waals surface area contributed by atoms with E-state index in [4.69, 9.17) is 4.52 Å². The first-order valence-electron chi connectivity index (χ1n) is 7.47. The van der Waals surface area contributed by atoms with E-state index in [0.717, 1.165) is 10.2 Å². The third-order valence-corrected chi connectivity index (χ3v) is 5.00. The van der Waals surface area contributed by atoms with E-state index in [1.807, 2.05) is 54.6 Å². The van der Waals surface area contributed by atoms with Gasteiger partial charge < -0.3 is 14.9 Å². The molecule has 0 atom stereocenters. The van der Waals surface area contributed by atoms with Gasteiger partial charge >= 0.3 is 0 Å². The zero-order chi connectivity index (χ0) is 17.6. The first kappa shape index (κ1) is 17.5. The van der Waals surface area contributed by atoms with Gasteiger partial charge in [-0.1, -0.05) is 42.1 Å². The number of nitrogens with zero attached hydrogens (tertiary/aromatic N) is 2. The zero-order valence-corrected chi connectivity index (χ0v) is 15.4. The minimum Gasteiger partial charge on any atom is -0.538 e. The standard InChI is InChI=1S/C17H14BrN3O3S/c18-13-8-4-5-9-14(13)19-15(22)10-11-25-16-17(23)24-20-21(16)12-6-2-1-3-7-12/h1-9H,10-11H2,(H-,19,20,22,23). The number of rotatable bonds is 6. The number of carbonyl (C=O) groups is 1. The van der Waals surface area contributed by atoms with Crippen LogP contribution in [0.25, 0.3) is 5.69 Å². The first-order valence-corrected chi connectivity index (χ1v) is 9.24. The van der Waals surface area contributed by atoms with Crippen LogP contribution in [0.1, 0.15) is 6.42 Å². The second-order valence-corrected chi connectivity index (χ2v) is 6.98. The summed E-state index contributed by atoms with van der Waals surface area (Å²) < 4.78 is 7.01. The molecule has 8 heteroatoms. The largest absolute Gasteiger partial charge is 0.538 e. The number of nitrogens with one attached hydrogen (secondary N) is 1. The van der Waals surface area contributed by atoms with Crippen LogP contribution in [-0.4, -0.2) is 16.9 Å². The Labute approximate surface area is 157 Å². The van der Waals surface area contributed by atoms with E-state index in [9.17, 15) is 9.90 Å². The van der Waals surface area contributed by atoms with Crippen molar-refractivity contribution in [3.63, 3.8) is 0 Å². The predicted molar refractivity (Wildman–Crippen MR) is 95.6 cm³/mol. The van der Waals surface area contributed by atoms with E-state index in [2.05, 4.69) is 26.5 Å². The summed E-state index contributed by atoms with van der Waals surface area (Å²) in [4.78, 5) is 12.1. The molecule has 1 N–H and O–H groups in total. The molecular weight excluding hydrogens is 406 g/mol. The monoisotopic (exact) mass is 419 g/mol. The van der Waals surface area contributed by atoms with Crippen LogP contribution < -0.4 is 15.1 Å². The highest BCUT2D eigenvalue weighted by atomic mass is 79.9. The van der Waals surface area contributed by atoms with Gasteiger partial charge in [0.05, 0.1) is 11.0 Å². The van der Waals surface area contributed by atoms with Gasteiger partial charge in [-0.2, -0.15) is 0 Å². The van der Waals surface area contributed by atoms with Crippen molar-refractivity contribution in [3.05, 3.63) is 59.1 Å². The SMILES string of the molecule is O=C(CCSc1c([O-])on[n+]1-c1ccccc1)Nc1ccccc1Br. The molecule has 0 aliphatic rings. The van der Waals surface area contributed by atoms with E-state index in [1.54, 1.807) is 0 Å². The van der Waals surface area contributed by atoms with Gasteiger partial charge in [-0.25, -0.2) is 0 Å². The smallest absolute Gasteiger partial charge is 0.297 e. The van der Waals surface area contributed by atoms with Crippen LogP contribution in [0.3, 0.4) is 0 Å². The van der Waals surface area contributed by atoms with Crippen molar-refractivity contribution >= 4 is 39.3 Å². The molecule has 1 amide bonds. The van der Waals surface area contributed by atoms with Crippen LogP contribution >= 0.6 is 27.7 Å². The molecule has 0 saturated carbocycles. The lowest BCUT2D eigenvalue weighted by molar-refractivity contribution is -0.705. The van der Waals surface area contributed by atoms with Gasteiger partial charge in [-0.05, 0) is 32.7 Å². The van der Waals surface area contributed by atoms with E-state index >= 15 is 0 Å². The second kappa shape index (κ2) is 8.17. The molecule has 6 nitrogen and oxygen atoms in total. The average Bonchev–Trinajstić information content (AvgIpc) is 2.99. The number of carbonyl (C=O) groups excluding carboxylic acids is 1. The summed E-state index contributed by atoms with van der Waals surface area (Å²) in [5.74, 6) is -0.214. The van der Waals surface area contributed by atoms with Crippen molar-refractivity contribution < 1.29 is 19.1 Å². The number of hydrogen-bond donors (Lipinski definition) is 1. The molecule has 0 aliphatic heterocycles. The van der Waals surface area contributed by atoms with Crippen molar-refractivity contribution in [2.45, 2.75) is 11.4 Å². The van der Waals surface area contributed by atoms with Crippen LogP contribution in [0.2, 0.25) is 0 Å². The Morgan fingerprint density at radius 1 is 1.20 bits per heavy atom. The molecule has 2 aromatic carbocycles. The molecule has 0 aliphatic carbocycles. The minimum absolute atomic E-state index is 0.130. The van der Waals surface area contributed by atoms with Crippen molar-refractivity contribution in [3.8, 4) is 11.6 Å². The summed E-state index contributed by atoms with van der Waals surface area (Å²) in [5, 5.41) is 18.8. The lowest BCUT2D eigenvalue weighted by atomic mass is 10.3. The predicted octanol–water partition coefficient (Wildman–Crippen LogP) is 2.91. The maximum absolute atomic E-state index is 12.1. The maximum atomic E-state index is 12.1. The Morgan fingerprint density at radius 3 is 2.68 bits per heavy atom. The summed E-state index contributed by atoms with van der Waals surface area (Å²) in [6, 6.07) is 16.6. The van der Waals surface area contributed by atoms with E-state index in [-0.39, 0.29) is 12.3 Å². The number of hydrogen-bond acceptors (Lipinski definition) is 5. The Morgan fingerprint density at radius 2 is 1.92 bits per heavy atom. The fourth-order valence-corrected chi connectivity index (χ4v) is 3.39. The molecule has 1 aromatic heterocycles. The number of amides is 1. The summed E-state index contributed by atoms with van der Waals surface area (Å²) >= 11 is 4.62.